The van der Waals surface area contributed by atoms with E-state index in [9.17, 15) is 22.8 Å². The molecule has 1 aromatic heterocycles. The zero-order chi connectivity index (χ0) is 23.1. The second kappa shape index (κ2) is 7.76. The smallest absolute Gasteiger partial charge is 0.449 e. The summed E-state index contributed by atoms with van der Waals surface area (Å²) in [6.45, 7) is 8.31. The normalized spacial score (nSPS) is 12.1. The Kier molecular flexibility index (Phi) is 5.60. The van der Waals surface area contributed by atoms with Crippen molar-refractivity contribution in [3.8, 4) is 17.2 Å². The molecule has 0 N–H and O–H groups in total. The van der Waals surface area contributed by atoms with Gasteiger partial charge in [0.05, 0.1) is 10.8 Å². The largest absolute Gasteiger partial charge is 0.453 e. The van der Waals surface area contributed by atoms with Crippen molar-refractivity contribution < 1.29 is 31.9 Å². The number of aryl methyl sites for hydroxylation is 2. The number of esters is 1. The van der Waals surface area contributed by atoms with Gasteiger partial charge in [-0.3, -0.25) is 9.59 Å². The van der Waals surface area contributed by atoms with Crippen LogP contribution in [0.2, 0.25) is 0 Å². The lowest BCUT2D eigenvalue weighted by Gasteiger charge is -2.17. The van der Waals surface area contributed by atoms with E-state index in [1.807, 2.05) is 0 Å². The summed E-state index contributed by atoms with van der Waals surface area (Å²) >= 11 is 0. The average Bonchev–Trinajstić information content (AvgIpc) is 2.65. The van der Waals surface area contributed by atoms with Crippen LogP contribution in [-0.4, -0.2) is 5.97 Å². The highest BCUT2D eigenvalue weighted by Gasteiger charge is 2.40. The fourth-order valence-electron chi connectivity index (χ4n) is 2.69. The van der Waals surface area contributed by atoms with Gasteiger partial charge in [-0.15, -0.1) is 0 Å². The van der Waals surface area contributed by atoms with Gasteiger partial charge in [0.1, 0.15) is 17.1 Å². The van der Waals surface area contributed by atoms with Gasteiger partial charge in [-0.05, 0) is 63.9 Å². The molecule has 2 aromatic carbocycles. The first-order chi connectivity index (χ1) is 14.3. The molecule has 3 rings (SSSR count). The van der Waals surface area contributed by atoms with Gasteiger partial charge in [-0.2, -0.15) is 13.2 Å². The van der Waals surface area contributed by atoms with Gasteiger partial charge in [0.2, 0.25) is 11.2 Å². The Morgan fingerprint density at radius 1 is 1.00 bits per heavy atom. The van der Waals surface area contributed by atoms with E-state index in [1.54, 1.807) is 46.8 Å². The molecule has 0 atom stereocenters. The minimum Gasteiger partial charge on any atom is -0.449 e. The summed E-state index contributed by atoms with van der Waals surface area (Å²) in [5, 5.41) is -0.135. The van der Waals surface area contributed by atoms with Gasteiger partial charge in [-0.25, -0.2) is 0 Å². The van der Waals surface area contributed by atoms with Crippen molar-refractivity contribution in [3.05, 3.63) is 63.5 Å². The molecule has 0 bridgehead atoms. The maximum atomic E-state index is 13.7. The first-order valence-electron chi connectivity index (χ1n) is 9.43. The van der Waals surface area contributed by atoms with Crippen LogP contribution < -0.4 is 14.9 Å². The molecule has 0 saturated carbocycles. The molecule has 0 spiro atoms. The van der Waals surface area contributed by atoms with Crippen molar-refractivity contribution in [1.29, 1.82) is 0 Å². The molecule has 0 radical (unpaired) electrons. The second-order valence-electron chi connectivity index (χ2n) is 8.26. The lowest BCUT2D eigenvalue weighted by Crippen LogP contribution is -2.25. The Labute approximate surface area is 176 Å². The van der Waals surface area contributed by atoms with Crippen molar-refractivity contribution in [1.82, 2.24) is 0 Å². The Bertz CT molecular complexity index is 1220. The fourth-order valence-corrected chi connectivity index (χ4v) is 2.69. The van der Waals surface area contributed by atoms with E-state index in [0.29, 0.717) is 5.56 Å². The van der Waals surface area contributed by atoms with E-state index in [2.05, 4.69) is 0 Å². The molecular weight excluding hydrogens is 413 g/mol. The lowest BCUT2D eigenvalue weighted by molar-refractivity contribution is -0.154. The van der Waals surface area contributed by atoms with E-state index in [0.717, 1.165) is 11.6 Å². The Hall–Kier alpha value is -3.29. The van der Waals surface area contributed by atoms with Gasteiger partial charge >= 0.3 is 12.1 Å². The zero-order valence-corrected chi connectivity index (χ0v) is 17.6. The van der Waals surface area contributed by atoms with Gasteiger partial charge in [-0.1, -0.05) is 12.1 Å². The summed E-state index contributed by atoms with van der Waals surface area (Å²) in [6, 6.07) is 8.62. The summed E-state index contributed by atoms with van der Waals surface area (Å²) in [4.78, 5) is 25.0. The Morgan fingerprint density at radius 2 is 1.68 bits per heavy atom. The SMILES string of the molecule is Cc1ccc(C)c(Oc2c(C(F)(F)F)oc3cc(OC(=O)C(C)(C)C)ccc3c2=O)c1. The Balaban J connectivity index is 2.16. The highest BCUT2D eigenvalue weighted by atomic mass is 19.4. The van der Waals surface area contributed by atoms with Crippen molar-refractivity contribution >= 4 is 16.9 Å². The summed E-state index contributed by atoms with van der Waals surface area (Å²) in [7, 11) is 0. The number of hydrogen-bond acceptors (Lipinski definition) is 5. The van der Waals surface area contributed by atoms with Gasteiger partial charge < -0.3 is 13.9 Å². The number of carbonyl (C=O) groups excluding carboxylic acids is 1. The minimum absolute atomic E-state index is 0.0353. The number of carbonyl (C=O) groups is 1. The van der Waals surface area contributed by atoms with Crippen molar-refractivity contribution in [2.24, 2.45) is 5.41 Å². The maximum Gasteiger partial charge on any atom is 0.453 e. The number of alkyl halides is 3. The summed E-state index contributed by atoms with van der Waals surface area (Å²) in [5.41, 5.74) is -0.864. The molecule has 5 nitrogen and oxygen atoms in total. The van der Waals surface area contributed by atoms with Gasteiger partial charge in [0.25, 0.3) is 5.76 Å². The van der Waals surface area contributed by atoms with E-state index in [4.69, 9.17) is 13.9 Å². The first kappa shape index (κ1) is 22.4. The molecule has 0 aliphatic rings. The molecular formula is C23H21F3O5. The number of hydrogen-bond donors (Lipinski definition) is 0. The van der Waals surface area contributed by atoms with Crippen LogP contribution >= 0.6 is 0 Å². The average molecular weight is 434 g/mol. The van der Waals surface area contributed by atoms with E-state index < -0.39 is 34.5 Å². The van der Waals surface area contributed by atoms with Crippen LogP contribution in [0.25, 0.3) is 11.0 Å². The predicted octanol–water partition coefficient (Wildman–Crippen LogP) is 6.17. The molecule has 164 valence electrons. The standard InChI is InChI=1S/C23H21F3O5/c1-12-6-7-13(2)16(10-12)30-19-18(27)15-9-8-14(29-21(28)22(3,4)5)11-17(15)31-20(19)23(24,25)26/h6-11H,1-5H3. The molecule has 3 aromatic rings. The van der Waals surface area contributed by atoms with Crippen LogP contribution in [0.1, 0.15) is 37.7 Å². The van der Waals surface area contributed by atoms with Crippen LogP contribution in [0.15, 0.2) is 45.6 Å². The van der Waals surface area contributed by atoms with Crippen molar-refractivity contribution in [2.75, 3.05) is 0 Å². The quantitative estimate of drug-likeness (QED) is 0.364. The lowest BCUT2D eigenvalue weighted by atomic mass is 9.97. The van der Waals surface area contributed by atoms with Gasteiger partial charge in [0, 0.05) is 6.07 Å². The third kappa shape index (κ3) is 4.73. The number of halogens is 3. The fraction of sp³-hybridized carbons (Fsp3) is 0.304. The number of benzene rings is 2. The van der Waals surface area contributed by atoms with E-state index in [-0.39, 0.29) is 22.5 Å². The maximum absolute atomic E-state index is 13.7. The van der Waals surface area contributed by atoms with Crippen LogP contribution in [0, 0.1) is 19.3 Å². The molecule has 0 amide bonds. The molecule has 31 heavy (non-hydrogen) atoms. The highest BCUT2D eigenvalue weighted by Crippen LogP contribution is 2.39. The Morgan fingerprint density at radius 3 is 2.29 bits per heavy atom. The van der Waals surface area contributed by atoms with E-state index >= 15 is 0 Å². The second-order valence-corrected chi connectivity index (χ2v) is 8.26. The van der Waals surface area contributed by atoms with Crippen LogP contribution in [0.5, 0.6) is 17.2 Å². The first-order valence-corrected chi connectivity index (χ1v) is 9.43. The van der Waals surface area contributed by atoms with Crippen LogP contribution in [-0.2, 0) is 11.0 Å². The van der Waals surface area contributed by atoms with Crippen molar-refractivity contribution in [2.45, 2.75) is 40.8 Å². The van der Waals surface area contributed by atoms with Crippen molar-refractivity contribution in [3.63, 3.8) is 0 Å². The predicted molar refractivity (Wildman–Crippen MR) is 109 cm³/mol. The van der Waals surface area contributed by atoms with E-state index in [1.165, 1.54) is 18.2 Å². The zero-order valence-electron chi connectivity index (χ0n) is 17.6. The molecule has 0 aliphatic heterocycles. The minimum atomic E-state index is -4.99. The third-order valence-corrected chi connectivity index (χ3v) is 4.46. The topological polar surface area (TPSA) is 65.7 Å². The monoisotopic (exact) mass is 434 g/mol. The molecule has 0 saturated heterocycles. The summed E-state index contributed by atoms with van der Waals surface area (Å²) in [6.07, 6.45) is -4.99. The number of ether oxygens (including phenoxy) is 2. The molecule has 0 unspecified atom stereocenters. The van der Waals surface area contributed by atoms with Crippen LogP contribution in [0.4, 0.5) is 13.2 Å². The van der Waals surface area contributed by atoms with Crippen LogP contribution in [0.3, 0.4) is 0 Å². The summed E-state index contributed by atoms with van der Waals surface area (Å²) < 4.78 is 56.8. The third-order valence-electron chi connectivity index (χ3n) is 4.46. The molecule has 8 heteroatoms. The highest BCUT2D eigenvalue weighted by molar-refractivity contribution is 5.82. The number of fused-ring (bicyclic) bond motifs is 1. The summed E-state index contributed by atoms with van der Waals surface area (Å²) in [5.74, 6) is -3.02. The molecule has 0 fully saturated rings. The molecule has 0 aliphatic carbocycles. The molecule has 1 heterocycles. The van der Waals surface area contributed by atoms with Gasteiger partial charge in [0.15, 0.2) is 0 Å². The number of rotatable bonds is 3.